The zero-order valence-electron chi connectivity index (χ0n) is 8.50. The van der Waals surface area contributed by atoms with Gasteiger partial charge in [0, 0.05) is 6.54 Å². The van der Waals surface area contributed by atoms with E-state index in [4.69, 9.17) is 5.11 Å². The molecule has 0 radical (unpaired) electrons. The third-order valence-electron chi connectivity index (χ3n) is 3.27. The minimum Gasteiger partial charge on any atom is -0.392 e. The lowest BCUT2D eigenvalue weighted by atomic mass is 9.98. The lowest BCUT2D eigenvalue weighted by Gasteiger charge is -2.16. The molecule has 0 spiro atoms. The highest BCUT2D eigenvalue weighted by atomic mass is 16.3. The van der Waals surface area contributed by atoms with Gasteiger partial charge in [0.15, 0.2) is 0 Å². The summed E-state index contributed by atoms with van der Waals surface area (Å²) in [5, 5.41) is 12.5. The van der Waals surface area contributed by atoms with Crippen LogP contribution in [0.2, 0.25) is 0 Å². The SMILES string of the molecule is C[C@H](O)CNCC(C1CC1)C1CC1. The normalized spacial score (nSPS) is 25.2. The van der Waals surface area contributed by atoms with Gasteiger partial charge in [-0.1, -0.05) is 0 Å². The van der Waals surface area contributed by atoms with E-state index in [2.05, 4.69) is 5.32 Å². The molecule has 2 nitrogen and oxygen atoms in total. The van der Waals surface area contributed by atoms with Gasteiger partial charge in [0.25, 0.3) is 0 Å². The van der Waals surface area contributed by atoms with E-state index in [1.807, 2.05) is 6.92 Å². The minimum atomic E-state index is -0.195. The predicted molar refractivity (Wildman–Crippen MR) is 53.5 cm³/mol. The Hall–Kier alpha value is -0.0800. The third kappa shape index (κ3) is 2.96. The molecule has 0 saturated heterocycles. The zero-order valence-corrected chi connectivity index (χ0v) is 8.50. The quantitative estimate of drug-likeness (QED) is 0.652. The summed E-state index contributed by atoms with van der Waals surface area (Å²) < 4.78 is 0. The summed E-state index contributed by atoms with van der Waals surface area (Å²) in [6.45, 7) is 3.74. The first-order valence-corrected chi connectivity index (χ1v) is 5.66. The molecule has 2 N–H and O–H groups in total. The molecule has 0 aliphatic heterocycles. The van der Waals surface area contributed by atoms with Gasteiger partial charge in [-0.05, 0) is 56.9 Å². The summed E-state index contributed by atoms with van der Waals surface area (Å²) in [4.78, 5) is 0. The molecule has 0 aromatic carbocycles. The Morgan fingerprint density at radius 1 is 1.15 bits per heavy atom. The largest absolute Gasteiger partial charge is 0.392 e. The van der Waals surface area contributed by atoms with Crippen molar-refractivity contribution in [3.63, 3.8) is 0 Å². The standard InChI is InChI=1S/C11H21NO/c1-8(13)6-12-7-11(9-2-3-9)10-4-5-10/h8-13H,2-7H2,1H3/t8-/m0/s1. The van der Waals surface area contributed by atoms with Crippen LogP contribution in [-0.2, 0) is 0 Å². The van der Waals surface area contributed by atoms with Gasteiger partial charge < -0.3 is 10.4 Å². The molecular formula is C11H21NO. The van der Waals surface area contributed by atoms with Crippen molar-refractivity contribution in [3.05, 3.63) is 0 Å². The summed E-state index contributed by atoms with van der Waals surface area (Å²) in [5.74, 6) is 2.97. The van der Waals surface area contributed by atoms with Crippen molar-refractivity contribution >= 4 is 0 Å². The Morgan fingerprint density at radius 3 is 2.08 bits per heavy atom. The van der Waals surface area contributed by atoms with Crippen LogP contribution < -0.4 is 5.32 Å². The highest BCUT2D eigenvalue weighted by molar-refractivity contribution is 4.92. The Kier molecular flexibility index (Phi) is 2.89. The maximum atomic E-state index is 9.11. The topological polar surface area (TPSA) is 32.3 Å². The third-order valence-corrected chi connectivity index (χ3v) is 3.27. The Bertz CT molecular complexity index is 149. The summed E-state index contributed by atoms with van der Waals surface area (Å²) in [6, 6.07) is 0. The van der Waals surface area contributed by atoms with Crippen LogP contribution in [-0.4, -0.2) is 24.3 Å². The highest BCUT2D eigenvalue weighted by Crippen LogP contribution is 2.48. The number of hydrogen-bond acceptors (Lipinski definition) is 2. The van der Waals surface area contributed by atoms with Crippen molar-refractivity contribution in [1.29, 1.82) is 0 Å². The van der Waals surface area contributed by atoms with Crippen LogP contribution in [0.5, 0.6) is 0 Å². The van der Waals surface area contributed by atoms with E-state index in [1.165, 1.54) is 25.7 Å². The number of nitrogens with one attached hydrogen (secondary N) is 1. The molecule has 76 valence electrons. The van der Waals surface area contributed by atoms with E-state index in [-0.39, 0.29) is 6.10 Å². The van der Waals surface area contributed by atoms with Gasteiger partial charge >= 0.3 is 0 Å². The summed E-state index contributed by atoms with van der Waals surface area (Å²) >= 11 is 0. The van der Waals surface area contributed by atoms with E-state index in [1.54, 1.807) is 0 Å². The highest BCUT2D eigenvalue weighted by Gasteiger charge is 2.40. The van der Waals surface area contributed by atoms with Gasteiger partial charge in [0.1, 0.15) is 0 Å². The van der Waals surface area contributed by atoms with Gasteiger partial charge in [0.05, 0.1) is 6.10 Å². The molecule has 2 fully saturated rings. The van der Waals surface area contributed by atoms with E-state index in [9.17, 15) is 0 Å². The molecule has 2 aliphatic rings. The molecule has 13 heavy (non-hydrogen) atoms. The van der Waals surface area contributed by atoms with Gasteiger partial charge in [-0.15, -0.1) is 0 Å². The van der Waals surface area contributed by atoms with Crippen LogP contribution in [0, 0.1) is 17.8 Å². The van der Waals surface area contributed by atoms with Gasteiger partial charge in [-0.2, -0.15) is 0 Å². The Labute approximate surface area is 80.7 Å². The lowest BCUT2D eigenvalue weighted by molar-refractivity contribution is 0.187. The molecule has 0 amide bonds. The van der Waals surface area contributed by atoms with Crippen molar-refractivity contribution in [2.24, 2.45) is 17.8 Å². The Balaban J connectivity index is 1.64. The first kappa shape index (κ1) is 9.47. The Morgan fingerprint density at radius 2 is 1.69 bits per heavy atom. The van der Waals surface area contributed by atoms with E-state index in [0.29, 0.717) is 0 Å². The van der Waals surface area contributed by atoms with Gasteiger partial charge in [-0.25, -0.2) is 0 Å². The first-order valence-electron chi connectivity index (χ1n) is 5.66. The maximum absolute atomic E-state index is 9.11. The van der Waals surface area contributed by atoms with Gasteiger partial charge in [-0.3, -0.25) is 0 Å². The maximum Gasteiger partial charge on any atom is 0.0636 e. The lowest BCUT2D eigenvalue weighted by Crippen LogP contribution is -2.31. The van der Waals surface area contributed by atoms with Crippen molar-refractivity contribution in [1.82, 2.24) is 5.32 Å². The van der Waals surface area contributed by atoms with E-state index < -0.39 is 0 Å². The molecule has 2 aliphatic carbocycles. The fourth-order valence-corrected chi connectivity index (χ4v) is 2.23. The molecule has 1 atom stereocenters. The number of aliphatic hydroxyl groups is 1. The van der Waals surface area contributed by atoms with Crippen molar-refractivity contribution in [2.75, 3.05) is 13.1 Å². The summed E-state index contributed by atoms with van der Waals surface area (Å²) in [5.41, 5.74) is 0. The number of rotatable bonds is 6. The van der Waals surface area contributed by atoms with E-state index in [0.717, 1.165) is 30.8 Å². The van der Waals surface area contributed by atoms with Crippen LogP contribution in [0.1, 0.15) is 32.6 Å². The fraction of sp³-hybridized carbons (Fsp3) is 1.00. The number of hydrogen-bond donors (Lipinski definition) is 2. The van der Waals surface area contributed by atoms with Crippen molar-refractivity contribution < 1.29 is 5.11 Å². The van der Waals surface area contributed by atoms with Crippen molar-refractivity contribution in [3.8, 4) is 0 Å². The smallest absolute Gasteiger partial charge is 0.0636 e. The second-order valence-corrected chi connectivity index (χ2v) is 4.85. The number of aliphatic hydroxyl groups excluding tert-OH is 1. The molecular weight excluding hydrogens is 162 g/mol. The van der Waals surface area contributed by atoms with Crippen LogP contribution in [0.4, 0.5) is 0 Å². The predicted octanol–water partition coefficient (Wildman–Crippen LogP) is 1.39. The zero-order chi connectivity index (χ0) is 9.26. The first-order chi connectivity index (χ1) is 6.27. The second-order valence-electron chi connectivity index (χ2n) is 4.85. The van der Waals surface area contributed by atoms with Crippen LogP contribution in [0.25, 0.3) is 0 Å². The monoisotopic (exact) mass is 183 g/mol. The van der Waals surface area contributed by atoms with Crippen LogP contribution in [0.3, 0.4) is 0 Å². The molecule has 0 bridgehead atoms. The summed E-state index contributed by atoms with van der Waals surface area (Å²) in [6.07, 6.45) is 5.63. The van der Waals surface area contributed by atoms with E-state index >= 15 is 0 Å². The average Bonchev–Trinajstić information content (AvgIpc) is 2.89. The fourth-order valence-electron chi connectivity index (χ4n) is 2.23. The molecule has 2 heteroatoms. The molecule has 2 saturated carbocycles. The minimum absolute atomic E-state index is 0.195. The molecule has 0 aromatic rings. The van der Waals surface area contributed by atoms with Crippen LogP contribution >= 0.6 is 0 Å². The van der Waals surface area contributed by atoms with Crippen molar-refractivity contribution in [2.45, 2.75) is 38.7 Å². The second kappa shape index (κ2) is 3.97. The van der Waals surface area contributed by atoms with Crippen LogP contribution in [0.15, 0.2) is 0 Å². The van der Waals surface area contributed by atoms with Gasteiger partial charge in [0.2, 0.25) is 0 Å². The molecule has 0 heterocycles. The molecule has 2 rings (SSSR count). The average molecular weight is 183 g/mol. The molecule has 0 unspecified atom stereocenters. The molecule has 0 aromatic heterocycles. The summed E-state index contributed by atoms with van der Waals surface area (Å²) in [7, 11) is 0.